The number of aliphatic carboxylic acids is 2. The Morgan fingerprint density at radius 2 is 2.20 bits per heavy atom. The van der Waals surface area contributed by atoms with E-state index >= 15 is 0 Å². The molecule has 1 unspecified atom stereocenters. The summed E-state index contributed by atoms with van der Waals surface area (Å²) >= 11 is 0. The third-order valence-corrected chi connectivity index (χ3v) is 2.64. The molecule has 6 heteroatoms. The lowest BCUT2D eigenvalue weighted by atomic mass is 10.1. The Morgan fingerprint density at radius 3 is 2.70 bits per heavy atom. The second-order valence-corrected chi connectivity index (χ2v) is 4.25. The Morgan fingerprint density at radius 1 is 1.40 bits per heavy atom. The fraction of sp³-hybridized carbons (Fsp3) is 0.429. The number of carboxylic acid groups (broad SMARTS) is 2. The van der Waals surface area contributed by atoms with E-state index in [0.29, 0.717) is 12.2 Å². The summed E-state index contributed by atoms with van der Waals surface area (Å²) in [6, 6.07) is 3.38. The molecule has 20 heavy (non-hydrogen) atoms. The summed E-state index contributed by atoms with van der Waals surface area (Å²) in [5.74, 6) is -1.16. The van der Waals surface area contributed by atoms with Gasteiger partial charge in [-0.15, -0.1) is 0 Å². The molecule has 2 rings (SSSR count). The first-order valence-electron chi connectivity index (χ1n) is 6.36. The fourth-order valence-electron chi connectivity index (χ4n) is 1.70. The van der Waals surface area contributed by atoms with Gasteiger partial charge in [0.2, 0.25) is 0 Å². The van der Waals surface area contributed by atoms with Gasteiger partial charge in [0.25, 0.3) is 0 Å². The molecule has 0 amide bonds. The van der Waals surface area contributed by atoms with Gasteiger partial charge < -0.3 is 19.4 Å². The molecule has 1 aromatic rings. The van der Waals surface area contributed by atoms with E-state index < -0.39 is 11.9 Å². The molecule has 1 aromatic heterocycles. The van der Waals surface area contributed by atoms with Crippen LogP contribution < -0.4 is 0 Å². The van der Waals surface area contributed by atoms with Gasteiger partial charge >= 0.3 is 11.9 Å². The lowest BCUT2D eigenvalue weighted by molar-refractivity contribution is -0.137. The van der Waals surface area contributed by atoms with Crippen molar-refractivity contribution in [2.24, 2.45) is 0 Å². The monoisotopic (exact) mass is 282 g/mol. The number of hydrogen-bond donors (Lipinski definition) is 2. The normalized spacial score (nSPS) is 17.7. The molecule has 0 aromatic carbocycles. The van der Waals surface area contributed by atoms with Crippen molar-refractivity contribution in [2.75, 3.05) is 6.61 Å². The van der Waals surface area contributed by atoms with E-state index in [1.54, 1.807) is 12.1 Å². The smallest absolute Gasteiger partial charge is 0.328 e. The number of hydrogen-bond acceptors (Lipinski definition) is 4. The van der Waals surface area contributed by atoms with Crippen LogP contribution in [0.3, 0.4) is 0 Å². The maximum Gasteiger partial charge on any atom is 0.328 e. The van der Waals surface area contributed by atoms with Crippen LogP contribution in [0.15, 0.2) is 28.9 Å². The highest BCUT2D eigenvalue weighted by atomic mass is 16.5. The molecule has 1 fully saturated rings. The van der Waals surface area contributed by atoms with Gasteiger partial charge in [0.1, 0.15) is 5.76 Å². The Labute approximate surface area is 116 Å². The Balaban J connectivity index is 0.000000200. The molecule has 1 saturated heterocycles. The van der Waals surface area contributed by atoms with Crippen LogP contribution in [0.5, 0.6) is 0 Å². The van der Waals surface area contributed by atoms with Crippen molar-refractivity contribution in [1.82, 2.24) is 0 Å². The molecule has 6 nitrogen and oxygen atoms in total. The van der Waals surface area contributed by atoms with Crippen LogP contribution >= 0.6 is 0 Å². The summed E-state index contributed by atoms with van der Waals surface area (Å²) in [5, 5.41) is 16.5. The van der Waals surface area contributed by atoms with E-state index in [9.17, 15) is 9.59 Å². The van der Waals surface area contributed by atoms with Crippen molar-refractivity contribution in [3.63, 3.8) is 0 Å². The summed E-state index contributed by atoms with van der Waals surface area (Å²) < 4.78 is 10.1. The second-order valence-electron chi connectivity index (χ2n) is 4.25. The number of furan rings is 1. The second kappa shape index (κ2) is 8.92. The first-order chi connectivity index (χ1) is 9.58. The van der Waals surface area contributed by atoms with Crippen molar-refractivity contribution in [2.45, 2.75) is 31.8 Å². The van der Waals surface area contributed by atoms with Crippen LogP contribution in [-0.2, 0) is 14.3 Å². The van der Waals surface area contributed by atoms with E-state index in [1.165, 1.54) is 12.3 Å². The summed E-state index contributed by atoms with van der Waals surface area (Å²) in [6.07, 6.45) is 7.16. The van der Waals surface area contributed by atoms with Crippen LogP contribution in [-0.4, -0.2) is 34.9 Å². The van der Waals surface area contributed by atoms with Crippen LogP contribution in [0.4, 0.5) is 0 Å². The van der Waals surface area contributed by atoms with E-state index in [1.807, 2.05) is 0 Å². The SMILES string of the molecule is O=C(O)/C=C/c1ccco1.O=C(O)CCC1CCCO1. The molecule has 2 heterocycles. The predicted octanol–water partition coefficient (Wildman–Crippen LogP) is 2.41. The molecular weight excluding hydrogens is 264 g/mol. The summed E-state index contributed by atoms with van der Waals surface area (Å²) in [6.45, 7) is 0.810. The summed E-state index contributed by atoms with van der Waals surface area (Å²) in [7, 11) is 0. The summed E-state index contributed by atoms with van der Waals surface area (Å²) in [5.41, 5.74) is 0. The molecule has 1 atom stereocenters. The molecule has 0 saturated carbocycles. The highest BCUT2D eigenvalue weighted by Gasteiger charge is 2.15. The van der Waals surface area contributed by atoms with E-state index in [2.05, 4.69) is 0 Å². The predicted molar refractivity (Wildman–Crippen MR) is 71.2 cm³/mol. The summed E-state index contributed by atoms with van der Waals surface area (Å²) in [4.78, 5) is 20.1. The maximum absolute atomic E-state index is 10.1. The zero-order chi connectivity index (χ0) is 14.8. The molecule has 2 N–H and O–H groups in total. The molecule has 0 radical (unpaired) electrons. The largest absolute Gasteiger partial charge is 0.481 e. The van der Waals surface area contributed by atoms with Gasteiger partial charge in [-0.3, -0.25) is 4.79 Å². The van der Waals surface area contributed by atoms with Gasteiger partial charge in [0.05, 0.1) is 12.4 Å². The zero-order valence-electron chi connectivity index (χ0n) is 11.0. The minimum absolute atomic E-state index is 0.219. The molecular formula is C14H18O6. The fourth-order valence-corrected chi connectivity index (χ4v) is 1.70. The number of carboxylic acids is 2. The van der Waals surface area contributed by atoms with Gasteiger partial charge in [-0.25, -0.2) is 4.79 Å². The third-order valence-electron chi connectivity index (χ3n) is 2.64. The first kappa shape index (κ1) is 16.0. The first-order valence-corrected chi connectivity index (χ1v) is 6.36. The average Bonchev–Trinajstić information content (AvgIpc) is 3.08. The average molecular weight is 282 g/mol. The standard InChI is InChI=1S/C7H12O3.C7H6O3/c2*8-7(9)4-3-6-2-1-5-10-6/h6H,1-5H2,(H,8,9);1-5H,(H,8,9)/b;4-3+. The molecule has 1 aliphatic rings. The molecule has 110 valence electrons. The quantitative estimate of drug-likeness (QED) is 0.805. The van der Waals surface area contributed by atoms with Gasteiger partial charge in [-0.2, -0.15) is 0 Å². The van der Waals surface area contributed by atoms with E-state index in [-0.39, 0.29) is 12.5 Å². The topological polar surface area (TPSA) is 97.0 Å². The minimum Gasteiger partial charge on any atom is -0.481 e. The highest BCUT2D eigenvalue weighted by Crippen LogP contribution is 2.16. The van der Waals surface area contributed by atoms with Gasteiger partial charge in [-0.1, -0.05) is 0 Å². The molecule has 0 aliphatic carbocycles. The van der Waals surface area contributed by atoms with Crippen molar-refractivity contribution >= 4 is 18.0 Å². The van der Waals surface area contributed by atoms with Gasteiger partial charge in [0.15, 0.2) is 0 Å². The van der Waals surface area contributed by atoms with Crippen LogP contribution in [0.25, 0.3) is 6.08 Å². The lowest BCUT2D eigenvalue weighted by Gasteiger charge is -2.05. The van der Waals surface area contributed by atoms with Gasteiger partial charge in [-0.05, 0) is 37.5 Å². The van der Waals surface area contributed by atoms with Gasteiger partial charge in [0, 0.05) is 19.1 Å². The molecule has 1 aliphatic heterocycles. The zero-order valence-corrected chi connectivity index (χ0v) is 11.0. The van der Waals surface area contributed by atoms with Crippen molar-refractivity contribution < 1.29 is 29.0 Å². The van der Waals surface area contributed by atoms with Crippen LogP contribution in [0, 0.1) is 0 Å². The lowest BCUT2D eigenvalue weighted by Crippen LogP contribution is -2.07. The Hall–Kier alpha value is -2.08. The van der Waals surface area contributed by atoms with Crippen LogP contribution in [0.2, 0.25) is 0 Å². The minimum atomic E-state index is -0.976. The van der Waals surface area contributed by atoms with Crippen molar-refractivity contribution in [3.8, 4) is 0 Å². The number of rotatable bonds is 5. The third kappa shape index (κ3) is 7.38. The van der Waals surface area contributed by atoms with Crippen molar-refractivity contribution in [3.05, 3.63) is 30.2 Å². The highest BCUT2D eigenvalue weighted by molar-refractivity contribution is 5.84. The maximum atomic E-state index is 10.1. The molecule has 0 spiro atoms. The van der Waals surface area contributed by atoms with Crippen molar-refractivity contribution in [1.29, 1.82) is 0 Å². The Kier molecular flexibility index (Phi) is 7.13. The van der Waals surface area contributed by atoms with E-state index in [0.717, 1.165) is 25.5 Å². The van der Waals surface area contributed by atoms with Crippen LogP contribution in [0.1, 0.15) is 31.4 Å². The van der Waals surface area contributed by atoms with E-state index in [4.69, 9.17) is 19.4 Å². The number of carbonyl (C=O) groups is 2. The number of ether oxygens (including phenoxy) is 1. The molecule has 0 bridgehead atoms. The Bertz CT molecular complexity index is 429.